The minimum Gasteiger partial charge on any atom is -0.479 e. The monoisotopic (exact) mass is 190 g/mol. The van der Waals surface area contributed by atoms with Gasteiger partial charge < -0.3 is 14.9 Å². The number of carboxylic acid groups (broad SMARTS) is 1. The van der Waals surface area contributed by atoms with Crippen molar-refractivity contribution in [2.75, 3.05) is 7.11 Å². The number of ether oxygens (including phenoxy) is 1. The van der Waals surface area contributed by atoms with Crippen LogP contribution in [0.5, 0.6) is 0 Å². The van der Waals surface area contributed by atoms with Crippen LogP contribution in [0.2, 0.25) is 0 Å². The van der Waals surface area contributed by atoms with Gasteiger partial charge in [-0.05, 0) is 13.8 Å². The Kier molecular flexibility index (Phi) is 7.96. The van der Waals surface area contributed by atoms with E-state index in [1.54, 1.807) is 6.92 Å². The third kappa shape index (κ3) is 10.6. The molecule has 0 aliphatic heterocycles. The molecule has 5 heteroatoms. The highest BCUT2D eigenvalue weighted by molar-refractivity contribution is 5.86. The first-order valence-corrected chi connectivity index (χ1v) is 3.47. The Hall–Kier alpha value is -1.36. The summed E-state index contributed by atoms with van der Waals surface area (Å²) in [6, 6.07) is 0. The molecule has 0 saturated carbocycles. The highest BCUT2D eigenvalue weighted by Gasteiger charge is 2.01. The van der Waals surface area contributed by atoms with Crippen molar-refractivity contribution < 1.29 is 24.5 Å². The lowest BCUT2D eigenvalue weighted by Crippen LogP contribution is -2.13. The Labute approximate surface area is 76.6 Å². The van der Waals surface area contributed by atoms with Gasteiger partial charge in [-0.3, -0.25) is 0 Å². The molecule has 0 amide bonds. The number of aliphatic carboxylic acids is 1. The number of carbonyl (C=O) groups excluding carboxylic acids is 1. The summed E-state index contributed by atoms with van der Waals surface area (Å²) in [7, 11) is 1.33. The van der Waals surface area contributed by atoms with Crippen molar-refractivity contribution in [2.45, 2.75) is 20.0 Å². The molecule has 0 saturated heterocycles. The van der Waals surface area contributed by atoms with Crippen LogP contribution in [-0.2, 0) is 14.3 Å². The maximum atomic E-state index is 10.2. The maximum Gasteiger partial charge on any atom is 0.332 e. The first kappa shape index (κ1) is 14.2. The van der Waals surface area contributed by atoms with Gasteiger partial charge in [-0.15, -0.1) is 0 Å². The van der Waals surface area contributed by atoms with Gasteiger partial charge in [0.2, 0.25) is 0 Å². The fraction of sp³-hybridized carbons (Fsp3) is 0.500. The van der Waals surface area contributed by atoms with Crippen LogP contribution in [0, 0.1) is 0 Å². The lowest BCUT2D eigenvalue weighted by Gasteiger charge is -1.91. The van der Waals surface area contributed by atoms with E-state index < -0.39 is 12.1 Å². The molecule has 0 aromatic carbocycles. The largest absolute Gasteiger partial charge is 0.479 e. The van der Waals surface area contributed by atoms with Gasteiger partial charge in [0.15, 0.2) is 0 Å². The Morgan fingerprint density at radius 2 is 1.77 bits per heavy atom. The number of hydrogen-bond donors (Lipinski definition) is 2. The van der Waals surface area contributed by atoms with Crippen LogP contribution in [0.1, 0.15) is 13.8 Å². The highest BCUT2D eigenvalue weighted by atomic mass is 16.5. The van der Waals surface area contributed by atoms with E-state index >= 15 is 0 Å². The van der Waals surface area contributed by atoms with Crippen LogP contribution < -0.4 is 0 Å². The minimum absolute atomic E-state index is 0.347. The van der Waals surface area contributed by atoms with Crippen molar-refractivity contribution in [3.8, 4) is 0 Å². The first-order chi connectivity index (χ1) is 5.82. The second kappa shape index (κ2) is 7.30. The van der Waals surface area contributed by atoms with Crippen molar-refractivity contribution in [1.29, 1.82) is 0 Å². The van der Waals surface area contributed by atoms with E-state index in [2.05, 4.69) is 11.3 Å². The highest BCUT2D eigenvalue weighted by Crippen LogP contribution is 1.87. The SMILES string of the molecule is C=C(C)C(=O)OC.CC(O)C(=O)O. The first-order valence-electron chi connectivity index (χ1n) is 3.47. The molecule has 0 aromatic heterocycles. The van der Waals surface area contributed by atoms with E-state index in [4.69, 9.17) is 10.2 Å². The summed E-state index contributed by atoms with van der Waals surface area (Å²) in [6.07, 6.45) is -1.23. The van der Waals surface area contributed by atoms with E-state index in [0.717, 1.165) is 0 Å². The second-order valence-electron chi connectivity index (χ2n) is 2.29. The molecule has 0 fully saturated rings. The Bertz CT molecular complexity index is 195. The van der Waals surface area contributed by atoms with Crippen molar-refractivity contribution in [3.63, 3.8) is 0 Å². The molecular weight excluding hydrogens is 176 g/mol. The average Bonchev–Trinajstić information content (AvgIpc) is 2.03. The maximum absolute atomic E-state index is 10.2. The normalized spacial score (nSPS) is 10.5. The quantitative estimate of drug-likeness (QED) is 0.479. The molecule has 1 unspecified atom stereocenters. The molecule has 13 heavy (non-hydrogen) atoms. The van der Waals surface area contributed by atoms with Gasteiger partial charge in [0, 0.05) is 5.57 Å². The van der Waals surface area contributed by atoms with E-state index in [0.29, 0.717) is 5.57 Å². The Morgan fingerprint density at radius 1 is 1.46 bits per heavy atom. The molecule has 0 rings (SSSR count). The van der Waals surface area contributed by atoms with Crippen LogP contribution >= 0.6 is 0 Å². The fourth-order valence-electron chi connectivity index (χ4n) is 0.174. The summed E-state index contributed by atoms with van der Waals surface area (Å²) >= 11 is 0. The number of esters is 1. The van der Waals surface area contributed by atoms with Crippen LogP contribution in [-0.4, -0.2) is 35.4 Å². The molecule has 0 heterocycles. The number of hydrogen-bond acceptors (Lipinski definition) is 4. The predicted molar refractivity (Wildman–Crippen MR) is 46.1 cm³/mol. The molecule has 1 atom stereocenters. The van der Waals surface area contributed by atoms with Crippen LogP contribution in [0.4, 0.5) is 0 Å². The topological polar surface area (TPSA) is 83.8 Å². The van der Waals surface area contributed by atoms with E-state index in [1.165, 1.54) is 14.0 Å². The van der Waals surface area contributed by atoms with Crippen LogP contribution in [0.3, 0.4) is 0 Å². The molecule has 0 aliphatic carbocycles. The second-order valence-corrected chi connectivity index (χ2v) is 2.29. The Morgan fingerprint density at radius 3 is 1.77 bits per heavy atom. The number of methoxy groups -OCH3 is 1. The summed E-state index contributed by atoms with van der Waals surface area (Å²) in [5, 5.41) is 15.8. The molecular formula is C8H14O5. The van der Waals surface area contributed by atoms with Gasteiger partial charge in [-0.25, -0.2) is 9.59 Å². The standard InChI is InChI=1S/C5H8O2.C3H6O3/c1-4(2)5(6)7-3;1-2(4)3(5)6/h1H2,2-3H3;2,4H,1H3,(H,5,6). The van der Waals surface area contributed by atoms with Crippen LogP contribution in [0.15, 0.2) is 12.2 Å². The predicted octanol–water partition coefficient (Wildman–Crippen LogP) is 0.187. The zero-order valence-corrected chi connectivity index (χ0v) is 7.90. The molecule has 2 N–H and O–H groups in total. The van der Waals surface area contributed by atoms with Crippen molar-refractivity contribution in [3.05, 3.63) is 12.2 Å². The molecule has 0 bridgehead atoms. The van der Waals surface area contributed by atoms with E-state index in [9.17, 15) is 9.59 Å². The average molecular weight is 190 g/mol. The molecule has 0 aromatic rings. The van der Waals surface area contributed by atoms with E-state index in [1.807, 2.05) is 0 Å². The lowest BCUT2D eigenvalue weighted by molar-refractivity contribution is -0.145. The molecule has 0 aliphatic rings. The fourth-order valence-corrected chi connectivity index (χ4v) is 0.174. The van der Waals surface area contributed by atoms with Gasteiger partial charge in [0.05, 0.1) is 7.11 Å². The van der Waals surface area contributed by atoms with Crippen molar-refractivity contribution in [1.82, 2.24) is 0 Å². The number of rotatable bonds is 2. The smallest absolute Gasteiger partial charge is 0.332 e. The van der Waals surface area contributed by atoms with Crippen molar-refractivity contribution >= 4 is 11.9 Å². The van der Waals surface area contributed by atoms with Gasteiger partial charge in [-0.2, -0.15) is 0 Å². The number of carbonyl (C=O) groups is 2. The van der Waals surface area contributed by atoms with Gasteiger partial charge in [0.1, 0.15) is 6.10 Å². The molecule has 5 nitrogen and oxygen atoms in total. The summed E-state index contributed by atoms with van der Waals surface area (Å²) in [4.78, 5) is 19.6. The summed E-state index contributed by atoms with van der Waals surface area (Å²) < 4.78 is 4.27. The summed E-state index contributed by atoms with van der Waals surface area (Å²) in [5.74, 6) is -1.53. The Balaban J connectivity index is 0. The summed E-state index contributed by atoms with van der Waals surface area (Å²) in [6.45, 7) is 6.15. The summed E-state index contributed by atoms with van der Waals surface area (Å²) in [5.41, 5.74) is 0.433. The molecule has 76 valence electrons. The molecule has 0 spiro atoms. The van der Waals surface area contributed by atoms with Gasteiger partial charge >= 0.3 is 11.9 Å². The zero-order valence-electron chi connectivity index (χ0n) is 7.90. The van der Waals surface area contributed by atoms with Gasteiger partial charge in [-0.1, -0.05) is 6.58 Å². The molecule has 0 radical (unpaired) electrons. The third-order valence-electron chi connectivity index (χ3n) is 0.891. The third-order valence-corrected chi connectivity index (χ3v) is 0.891. The zero-order chi connectivity index (χ0) is 11.0. The van der Waals surface area contributed by atoms with Crippen LogP contribution in [0.25, 0.3) is 0 Å². The number of aliphatic hydroxyl groups is 1. The van der Waals surface area contributed by atoms with Crippen molar-refractivity contribution in [2.24, 2.45) is 0 Å². The lowest BCUT2D eigenvalue weighted by atomic mass is 10.4. The number of aliphatic hydroxyl groups excluding tert-OH is 1. The van der Waals surface area contributed by atoms with Gasteiger partial charge in [0.25, 0.3) is 0 Å². The minimum atomic E-state index is -1.23. The van der Waals surface area contributed by atoms with E-state index in [-0.39, 0.29) is 5.97 Å². The number of carboxylic acids is 1.